The number of hydrogen-bond acceptors (Lipinski definition) is 5. The monoisotopic (exact) mass is 310 g/mol. The van der Waals surface area contributed by atoms with E-state index in [1.165, 1.54) is 17.4 Å². The van der Waals surface area contributed by atoms with Gasteiger partial charge < -0.3 is 10.6 Å². The van der Waals surface area contributed by atoms with Crippen molar-refractivity contribution in [2.45, 2.75) is 18.9 Å². The van der Waals surface area contributed by atoms with Crippen LogP contribution in [-0.4, -0.2) is 22.6 Å². The molecule has 0 unspecified atom stereocenters. The van der Waals surface area contributed by atoms with Crippen molar-refractivity contribution < 1.29 is 13.6 Å². The summed E-state index contributed by atoms with van der Waals surface area (Å²) in [6.45, 7) is 0.923. The maximum atomic E-state index is 13.5. The Bertz CT molecular complexity index is 670. The number of nitrogens with one attached hydrogen (secondary N) is 2. The SMILES string of the molecule is O=C(Nc1ccc(F)cc1F)c1nnc([C@@H]2CCCN2)s1. The van der Waals surface area contributed by atoms with Crippen LogP contribution in [0.5, 0.6) is 0 Å². The Morgan fingerprint density at radius 1 is 1.38 bits per heavy atom. The Balaban J connectivity index is 1.73. The summed E-state index contributed by atoms with van der Waals surface area (Å²) in [7, 11) is 0. The van der Waals surface area contributed by atoms with Gasteiger partial charge in [0.05, 0.1) is 11.7 Å². The highest BCUT2D eigenvalue weighted by Gasteiger charge is 2.22. The van der Waals surface area contributed by atoms with Crippen LogP contribution in [0.4, 0.5) is 14.5 Å². The summed E-state index contributed by atoms with van der Waals surface area (Å²) in [5.74, 6) is -2.08. The molecule has 1 atom stereocenters. The van der Waals surface area contributed by atoms with Gasteiger partial charge in [-0.2, -0.15) is 0 Å². The summed E-state index contributed by atoms with van der Waals surface area (Å²) in [4.78, 5) is 12.0. The van der Waals surface area contributed by atoms with E-state index in [9.17, 15) is 13.6 Å². The van der Waals surface area contributed by atoms with Crippen molar-refractivity contribution in [2.75, 3.05) is 11.9 Å². The van der Waals surface area contributed by atoms with Gasteiger partial charge in [0.15, 0.2) is 0 Å². The van der Waals surface area contributed by atoms with Gasteiger partial charge in [0.1, 0.15) is 16.6 Å². The molecule has 110 valence electrons. The van der Waals surface area contributed by atoms with Crippen molar-refractivity contribution in [2.24, 2.45) is 0 Å². The van der Waals surface area contributed by atoms with Gasteiger partial charge >= 0.3 is 0 Å². The smallest absolute Gasteiger partial charge is 0.286 e. The van der Waals surface area contributed by atoms with E-state index in [-0.39, 0.29) is 16.7 Å². The molecule has 0 aliphatic carbocycles. The molecule has 21 heavy (non-hydrogen) atoms. The molecule has 1 amide bonds. The van der Waals surface area contributed by atoms with Gasteiger partial charge in [-0.3, -0.25) is 4.79 Å². The van der Waals surface area contributed by atoms with E-state index in [4.69, 9.17) is 0 Å². The zero-order valence-corrected chi connectivity index (χ0v) is 11.7. The van der Waals surface area contributed by atoms with Crippen molar-refractivity contribution in [3.05, 3.63) is 39.8 Å². The fraction of sp³-hybridized carbons (Fsp3) is 0.308. The van der Waals surface area contributed by atoms with E-state index in [2.05, 4.69) is 20.8 Å². The Morgan fingerprint density at radius 2 is 2.24 bits per heavy atom. The first-order valence-electron chi connectivity index (χ1n) is 6.46. The van der Waals surface area contributed by atoms with Gasteiger partial charge in [0.25, 0.3) is 5.91 Å². The molecular formula is C13H12F2N4OS. The third kappa shape index (κ3) is 3.06. The lowest BCUT2D eigenvalue weighted by Crippen LogP contribution is -2.13. The van der Waals surface area contributed by atoms with Crippen molar-refractivity contribution >= 4 is 22.9 Å². The topological polar surface area (TPSA) is 66.9 Å². The van der Waals surface area contributed by atoms with Crippen molar-refractivity contribution in [3.8, 4) is 0 Å². The van der Waals surface area contributed by atoms with E-state index >= 15 is 0 Å². The van der Waals surface area contributed by atoms with Crippen LogP contribution in [-0.2, 0) is 0 Å². The van der Waals surface area contributed by atoms with E-state index in [1.807, 2.05) is 0 Å². The van der Waals surface area contributed by atoms with Crippen molar-refractivity contribution in [1.82, 2.24) is 15.5 Å². The number of carbonyl (C=O) groups excluding carboxylic acids is 1. The highest BCUT2D eigenvalue weighted by atomic mass is 32.1. The fourth-order valence-electron chi connectivity index (χ4n) is 2.13. The lowest BCUT2D eigenvalue weighted by molar-refractivity contribution is 0.102. The number of carbonyl (C=O) groups is 1. The van der Waals surface area contributed by atoms with Crippen LogP contribution in [0.25, 0.3) is 0 Å². The summed E-state index contributed by atoms with van der Waals surface area (Å²) in [6.07, 6.45) is 2.02. The average Bonchev–Trinajstić information content (AvgIpc) is 3.10. The standard InChI is InChI=1S/C13H12F2N4OS/c14-7-3-4-9(8(15)6-7)17-11(20)13-19-18-12(21-13)10-2-1-5-16-10/h3-4,6,10,16H,1-2,5H2,(H,17,20)/t10-/m0/s1. The van der Waals surface area contributed by atoms with Gasteiger partial charge in [-0.1, -0.05) is 11.3 Å². The van der Waals surface area contributed by atoms with Gasteiger partial charge in [0.2, 0.25) is 5.01 Å². The molecular weight excluding hydrogens is 298 g/mol. The number of benzene rings is 1. The highest BCUT2D eigenvalue weighted by molar-refractivity contribution is 7.13. The molecule has 0 radical (unpaired) electrons. The van der Waals surface area contributed by atoms with Crippen LogP contribution < -0.4 is 10.6 Å². The van der Waals surface area contributed by atoms with Crippen LogP contribution in [0.1, 0.15) is 33.7 Å². The molecule has 1 aromatic heterocycles. The first-order chi connectivity index (χ1) is 10.1. The largest absolute Gasteiger partial charge is 0.317 e. The number of anilines is 1. The normalized spacial score (nSPS) is 17.9. The summed E-state index contributed by atoms with van der Waals surface area (Å²) < 4.78 is 26.3. The second-order valence-electron chi connectivity index (χ2n) is 4.67. The highest BCUT2D eigenvalue weighted by Crippen LogP contribution is 2.26. The zero-order valence-electron chi connectivity index (χ0n) is 10.9. The Morgan fingerprint density at radius 3 is 2.95 bits per heavy atom. The van der Waals surface area contributed by atoms with Gasteiger partial charge in [0, 0.05) is 6.07 Å². The number of aromatic nitrogens is 2. The number of halogens is 2. The van der Waals surface area contributed by atoms with Crippen molar-refractivity contribution in [1.29, 1.82) is 0 Å². The van der Waals surface area contributed by atoms with Crippen LogP contribution in [0, 0.1) is 11.6 Å². The third-order valence-electron chi connectivity index (χ3n) is 3.17. The van der Waals surface area contributed by atoms with Gasteiger partial charge in [-0.15, -0.1) is 10.2 Å². The molecule has 1 aromatic carbocycles. The quantitative estimate of drug-likeness (QED) is 0.914. The zero-order chi connectivity index (χ0) is 14.8. The Kier molecular flexibility index (Phi) is 3.89. The molecule has 0 bridgehead atoms. The van der Waals surface area contributed by atoms with Crippen molar-refractivity contribution in [3.63, 3.8) is 0 Å². The van der Waals surface area contributed by atoms with Crippen LogP contribution in [0.15, 0.2) is 18.2 Å². The molecule has 0 spiro atoms. The average molecular weight is 310 g/mol. The van der Waals surface area contributed by atoms with Crippen LogP contribution >= 0.6 is 11.3 Å². The molecule has 2 aromatic rings. The molecule has 5 nitrogen and oxygen atoms in total. The molecule has 3 rings (SSSR count). The number of amides is 1. The van der Waals surface area contributed by atoms with Crippen LogP contribution in [0.2, 0.25) is 0 Å². The number of hydrogen-bond donors (Lipinski definition) is 2. The molecule has 2 N–H and O–H groups in total. The van der Waals surface area contributed by atoms with Gasteiger partial charge in [-0.05, 0) is 31.5 Å². The Labute approximate surface area is 123 Å². The molecule has 8 heteroatoms. The molecule has 2 heterocycles. The molecule has 1 fully saturated rings. The molecule has 1 aliphatic rings. The summed E-state index contributed by atoms with van der Waals surface area (Å²) in [5, 5.41) is 14.3. The predicted octanol–water partition coefficient (Wildman–Crippen LogP) is 2.49. The molecule has 0 saturated carbocycles. The first kappa shape index (κ1) is 14.0. The van der Waals surface area contributed by atoms with Crippen LogP contribution in [0.3, 0.4) is 0 Å². The minimum Gasteiger partial charge on any atom is -0.317 e. The molecule has 1 saturated heterocycles. The maximum absolute atomic E-state index is 13.5. The third-order valence-corrected chi connectivity index (χ3v) is 4.21. The lowest BCUT2D eigenvalue weighted by atomic mass is 10.2. The summed E-state index contributed by atoms with van der Waals surface area (Å²) in [5.41, 5.74) is -0.0860. The van der Waals surface area contributed by atoms with E-state index < -0.39 is 17.5 Å². The second-order valence-corrected chi connectivity index (χ2v) is 5.68. The summed E-state index contributed by atoms with van der Waals surface area (Å²) >= 11 is 1.17. The first-order valence-corrected chi connectivity index (χ1v) is 7.28. The van der Waals surface area contributed by atoms with Gasteiger partial charge in [-0.25, -0.2) is 8.78 Å². The summed E-state index contributed by atoms with van der Waals surface area (Å²) in [6, 6.07) is 3.09. The lowest BCUT2D eigenvalue weighted by Gasteiger charge is -2.04. The minimum atomic E-state index is -0.828. The Hall–Kier alpha value is -1.93. The molecule has 1 aliphatic heterocycles. The van der Waals surface area contributed by atoms with E-state index in [0.29, 0.717) is 6.07 Å². The maximum Gasteiger partial charge on any atom is 0.286 e. The number of nitrogens with zero attached hydrogens (tertiary/aromatic N) is 2. The van der Waals surface area contributed by atoms with E-state index in [1.54, 1.807) is 0 Å². The van der Waals surface area contributed by atoms with E-state index in [0.717, 1.165) is 30.5 Å². The fourth-order valence-corrected chi connectivity index (χ4v) is 2.98. The predicted molar refractivity (Wildman–Crippen MR) is 74.2 cm³/mol. The minimum absolute atomic E-state index is 0.0860. The second kappa shape index (κ2) is 5.82. The number of rotatable bonds is 3.